The highest BCUT2D eigenvalue weighted by Gasteiger charge is 2.04. The summed E-state index contributed by atoms with van der Waals surface area (Å²) in [5.41, 5.74) is 8.43. The van der Waals surface area contributed by atoms with Crippen LogP contribution in [0.15, 0.2) is 48.5 Å². The second kappa shape index (κ2) is 6.61. The molecule has 0 heterocycles. The standard InChI is InChI=1S/C16H18N2O2/c1-12-8-9-15(13(2)10-12)20-11-16(19)18-17-14-6-4-3-5-7-14/h3-10,17H,11H2,1-2H3,(H,18,19). The minimum Gasteiger partial charge on any atom is -0.483 e. The molecule has 0 unspecified atom stereocenters. The molecule has 0 aliphatic heterocycles. The third-order valence-electron chi connectivity index (χ3n) is 2.81. The van der Waals surface area contributed by atoms with Gasteiger partial charge in [0.05, 0.1) is 5.69 Å². The Hall–Kier alpha value is -2.49. The van der Waals surface area contributed by atoms with E-state index < -0.39 is 0 Å². The van der Waals surface area contributed by atoms with E-state index in [4.69, 9.17) is 4.74 Å². The molecule has 20 heavy (non-hydrogen) atoms. The van der Waals surface area contributed by atoms with E-state index in [1.54, 1.807) is 0 Å². The van der Waals surface area contributed by atoms with Crippen molar-refractivity contribution in [2.75, 3.05) is 12.0 Å². The van der Waals surface area contributed by atoms with E-state index in [0.29, 0.717) is 0 Å². The van der Waals surface area contributed by atoms with E-state index in [-0.39, 0.29) is 12.5 Å². The molecular formula is C16H18N2O2. The molecule has 0 fully saturated rings. The molecular weight excluding hydrogens is 252 g/mol. The first-order valence-electron chi connectivity index (χ1n) is 6.45. The van der Waals surface area contributed by atoms with Gasteiger partial charge in [-0.25, -0.2) is 0 Å². The molecule has 0 aromatic heterocycles. The van der Waals surface area contributed by atoms with Gasteiger partial charge in [0.15, 0.2) is 6.61 Å². The smallest absolute Gasteiger partial charge is 0.276 e. The number of aryl methyl sites for hydroxylation is 2. The molecule has 0 spiro atoms. The van der Waals surface area contributed by atoms with Crippen LogP contribution in [0.2, 0.25) is 0 Å². The number of hydrogen-bond donors (Lipinski definition) is 2. The van der Waals surface area contributed by atoms with Crippen molar-refractivity contribution in [1.29, 1.82) is 0 Å². The van der Waals surface area contributed by atoms with Crippen molar-refractivity contribution in [1.82, 2.24) is 5.43 Å². The second-order valence-electron chi connectivity index (χ2n) is 4.60. The predicted octanol–water partition coefficient (Wildman–Crippen LogP) is 2.83. The topological polar surface area (TPSA) is 50.4 Å². The Morgan fingerprint density at radius 2 is 1.85 bits per heavy atom. The van der Waals surface area contributed by atoms with Gasteiger partial charge in [0.25, 0.3) is 5.91 Å². The molecule has 0 saturated heterocycles. The fourth-order valence-electron chi connectivity index (χ4n) is 1.80. The highest BCUT2D eigenvalue weighted by atomic mass is 16.5. The summed E-state index contributed by atoms with van der Waals surface area (Å²) in [6.07, 6.45) is 0. The quantitative estimate of drug-likeness (QED) is 0.821. The van der Waals surface area contributed by atoms with Crippen molar-refractivity contribution in [3.8, 4) is 5.75 Å². The average Bonchev–Trinajstić information content (AvgIpc) is 2.45. The number of anilines is 1. The maximum atomic E-state index is 11.7. The first-order valence-corrected chi connectivity index (χ1v) is 6.45. The van der Waals surface area contributed by atoms with Gasteiger partial charge in [0, 0.05) is 0 Å². The highest BCUT2D eigenvalue weighted by molar-refractivity contribution is 5.78. The van der Waals surface area contributed by atoms with Gasteiger partial charge < -0.3 is 4.74 Å². The van der Waals surface area contributed by atoms with Gasteiger partial charge in [0.1, 0.15) is 5.75 Å². The van der Waals surface area contributed by atoms with E-state index in [1.165, 1.54) is 5.56 Å². The third kappa shape index (κ3) is 4.02. The van der Waals surface area contributed by atoms with Crippen LogP contribution in [0.25, 0.3) is 0 Å². The number of hydrogen-bond acceptors (Lipinski definition) is 3. The molecule has 0 aliphatic carbocycles. The molecule has 0 aliphatic rings. The molecule has 104 valence electrons. The summed E-state index contributed by atoms with van der Waals surface area (Å²) < 4.78 is 5.49. The zero-order valence-corrected chi connectivity index (χ0v) is 11.6. The first kappa shape index (κ1) is 13.9. The average molecular weight is 270 g/mol. The van der Waals surface area contributed by atoms with Gasteiger partial charge in [0.2, 0.25) is 0 Å². The van der Waals surface area contributed by atoms with Gasteiger partial charge >= 0.3 is 0 Å². The van der Waals surface area contributed by atoms with Crippen LogP contribution < -0.4 is 15.6 Å². The minimum absolute atomic E-state index is 0.0241. The summed E-state index contributed by atoms with van der Waals surface area (Å²) >= 11 is 0. The van der Waals surface area contributed by atoms with Crippen molar-refractivity contribution < 1.29 is 9.53 Å². The monoisotopic (exact) mass is 270 g/mol. The highest BCUT2D eigenvalue weighted by Crippen LogP contribution is 2.18. The Bertz CT molecular complexity index is 582. The molecule has 2 aromatic rings. The van der Waals surface area contributed by atoms with Crippen LogP contribution in [-0.2, 0) is 4.79 Å². The Morgan fingerprint density at radius 1 is 1.10 bits per heavy atom. The molecule has 0 radical (unpaired) electrons. The van der Waals surface area contributed by atoms with Crippen molar-refractivity contribution >= 4 is 11.6 Å². The lowest BCUT2D eigenvalue weighted by Crippen LogP contribution is -2.33. The van der Waals surface area contributed by atoms with Gasteiger partial charge in [-0.2, -0.15) is 0 Å². The Morgan fingerprint density at radius 3 is 2.55 bits per heavy atom. The van der Waals surface area contributed by atoms with Crippen molar-refractivity contribution in [3.63, 3.8) is 0 Å². The summed E-state index contributed by atoms with van der Waals surface area (Å²) in [4.78, 5) is 11.7. The van der Waals surface area contributed by atoms with Gasteiger partial charge in [-0.05, 0) is 37.6 Å². The zero-order chi connectivity index (χ0) is 14.4. The molecule has 2 aromatic carbocycles. The summed E-state index contributed by atoms with van der Waals surface area (Å²) in [5, 5.41) is 0. The number of para-hydroxylation sites is 1. The van der Waals surface area contributed by atoms with Gasteiger partial charge in [-0.1, -0.05) is 35.9 Å². The van der Waals surface area contributed by atoms with Crippen LogP contribution >= 0.6 is 0 Å². The molecule has 0 bridgehead atoms. The maximum absolute atomic E-state index is 11.7. The first-order chi connectivity index (χ1) is 9.65. The van der Waals surface area contributed by atoms with Crippen molar-refractivity contribution in [2.24, 2.45) is 0 Å². The molecule has 4 heteroatoms. The zero-order valence-electron chi connectivity index (χ0n) is 11.6. The number of amides is 1. The van der Waals surface area contributed by atoms with Crippen LogP contribution in [0.3, 0.4) is 0 Å². The number of benzene rings is 2. The molecule has 0 saturated carbocycles. The lowest BCUT2D eigenvalue weighted by atomic mass is 10.1. The van der Waals surface area contributed by atoms with Gasteiger partial charge in [-0.3, -0.25) is 15.6 Å². The molecule has 2 N–H and O–H groups in total. The lowest BCUT2D eigenvalue weighted by molar-refractivity contribution is -0.122. The second-order valence-corrected chi connectivity index (χ2v) is 4.60. The number of carbonyl (C=O) groups is 1. The largest absolute Gasteiger partial charge is 0.483 e. The number of hydrazine groups is 1. The number of nitrogens with one attached hydrogen (secondary N) is 2. The fourth-order valence-corrected chi connectivity index (χ4v) is 1.80. The van der Waals surface area contributed by atoms with E-state index >= 15 is 0 Å². The molecule has 2 rings (SSSR count). The third-order valence-corrected chi connectivity index (χ3v) is 2.81. The summed E-state index contributed by atoms with van der Waals surface area (Å²) in [5.74, 6) is 0.499. The molecule has 4 nitrogen and oxygen atoms in total. The van der Waals surface area contributed by atoms with Crippen LogP contribution in [0.5, 0.6) is 5.75 Å². The molecule has 1 amide bonds. The van der Waals surface area contributed by atoms with E-state index in [0.717, 1.165) is 17.0 Å². The number of rotatable bonds is 5. The predicted molar refractivity (Wildman–Crippen MR) is 79.6 cm³/mol. The van der Waals surface area contributed by atoms with Gasteiger partial charge in [-0.15, -0.1) is 0 Å². The van der Waals surface area contributed by atoms with Crippen molar-refractivity contribution in [3.05, 3.63) is 59.7 Å². The van der Waals surface area contributed by atoms with Crippen molar-refractivity contribution in [2.45, 2.75) is 13.8 Å². The molecule has 0 atom stereocenters. The van der Waals surface area contributed by atoms with Crippen LogP contribution in [0.1, 0.15) is 11.1 Å². The SMILES string of the molecule is Cc1ccc(OCC(=O)NNc2ccccc2)c(C)c1. The Labute approximate surface area is 118 Å². The minimum atomic E-state index is -0.228. The normalized spacial score (nSPS) is 9.90. The Kier molecular flexibility index (Phi) is 4.60. The summed E-state index contributed by atoms with van der Waals surface area (Å²) in [6.45, 7) is 3.96. The van der Waals surface area contributed by atoms with E-state index in [2.05, 4.69) is 10.9 Å². The van der Waals surface area contributed by atoms with E-state index in [9.17, 15) is 4.79 Å². The Balaban J connectivity index is 1.80. The fraction of sp³-hybridized carbons (Fsp3) is 0.188. The van der Waals surface area contributed by atoms with Crippen LogP contribution in [-0.4, -0.2) is 12.5 Å². The number of ether oxygens (including phenoxy) is 1. The van der Waals surface area contributed by atoms with E-state index in [1.807, 2.05) is 62.4 Å². The van der Waals surface area contributed by atoms with Crippen LogP contribution in [0, 0.1) is 13.8 Å². The lowest BCUT2D eigenvalue weighted by Gasteiger charge is -2.11. The maximum Gasteiger partial charge on any atom is 0.276 e. The number of carbonyl (C=O) groups excluding carboxylic acids is 1. The van der Waals surface area contributed by atoms with Crippen LogP contribution in [0.4, 0.5) is 5.69 Å². The summed E-state index contributed by atoms with van der Waals surface area (Å²) in [7, 11) is 0. The summed E-state index contributed by atoms with van der Waals surface area (Å²) in [6, 6.07) is 15.3.